The van der Waals surface area contributed by atoms with E-state index in [9.17, 15) is 4.79 Å². The summed E-state index contributed by atoms with van der Waals surface area (Å²) in [5.74, 6) is 0.180. The van der Waals surface area contributed by atoms with Crippen LogP contribution in [0.2, 0.25) is 0 Å². The van der Waals surface area contributed by atoms with Crippen molar-refractivity contribution in [1.82, 2.24) is 20.3 Å². The number of hydrogen-bond acceptors (Lipinski definition) is 3. The van der Waals surface area contributed by atoms with Gasteiger partial charge in [0.15, 0.2) is 0 Å². The van der Waals surface area contributed by atoms with Gasteiger partial charge in [-0.2, -0.15) is 0 Å². The minimum atomic E-state index is 0.0510. The fourth-order valence-corrected chi connectivity index (χ4v) is 2.26. The van der Waals surface area contributed by atoms with E-state index in [0.29, 0.717) is 12.5 Å². The third kappa shape index (κ3) is 2.33. The molecule has 5 nitrogen and oxygen atoms in total. The standard InChI is InChI=1S/C12H20N4O/c1-8(7-11(17)13-3)12-9(2)16(15-14-12)10-5-4-6-10/h8,10H,4-7H2,1-3H3,(H,13,17). The molecule has 1 fully saturated rings. The van der Waals surface area contributed by atoms with Crippen LogP contribution in [-0.2, 0) is 4.79 Å². The number of carbonyl (C=O) groups is 1. The normalized spacial score (nSPS) is 17.6. The summed E-state index contributed by atoms with van der Waals surface area (Å²) in [6, 6.07) is 0.531. The van der Waals surface area contributed by atoms with E-state index >= 15 is 0 Å². The molecule has 1 N–H and O–H groups in total. The number of rotatable bonds is 4. The van der Waals surface area contributed by atoms with E-state index in [1.807, 2.05) is 18.5 Å². The molecular formula is C12H20N4O. The highest BCUT2D eigenvalue weighted by molar-refractivity contribution is 5.76. The average Bonchev–Trinajstić information content (AvgIpc) is 2.58. The third-order valence-corrected chi connectivity index (χ3v) is 3.62. The van der Waals surface area contributed by atoms with Crippen molar-refractivity contribution < 1.29 is 4.79 Å². The largest absolute Gasteiger partial charge is 0.359 e. The van der Waals surface area contributed by atoms with Crippen LogP contribution < -0.4 is 5.32 Å². The van der Waals surface area contributed by atoms with Crippen LogP contribution in [0.5, 0.6) is 0 Å². The van der Waals surface area contributed by atoms with E-state index in [2.05, 4.69) is 15.6 Å². The van der Waals surface area contributed by atoms with Gasteiger partial charge in [-0.3, -0.25) is 4.79 Å². The molecule has 1 heterocycles. The molecule has 1 atom stereocenters. The first kappa shape index (κ1) is 12.1. The quantitative estimate of drug-likeness (QED) is 0.863. The number of hydrogen-bond donors (Lipinski definition) is 1. The van der Waals surface area contributed by atoms with Crippen molar-refractivity contribution >= 4 is 5.91 Å². The highest BCUT2D eigenvalue weighted by Crippen LogP contribution is 2.33. The van der Waals surface area contributed by atoms with Crippen molar-refractivity contribution in [3.05, 3.63) is 11.4 Å². The van der Waals surface area contributed by atoms with Gasteiger partial charge >= 0.3 is 0 Å². The Labute approximate surface area is 102 Å². The lowest BCUT2D eigenvalue weighted by Crippen LogP contribution is -2.21. The maximum atomic E-state index is 11.3. The second kappa shape index (κ2) is 4.85. The van der Waals surface area contributed by atoms with Crippen molar-refractivity contribution in [3.63, 3.8) is 0 Å². The molecule has 1 aromatic heterocycles. The highest BCUT2D eigenvalue weighted by Gasteiger charge is 2.25. The second-order valence-corrected chi connectivity index (χ2v) is 4.87. The van der Waals surface area contributed by atoms with Crippen molar-refractivity contribution in [2.75, 3.05) is 7.05 Å². The van der Waals surface area contributed by atoms with E-state index in [1.165, 1.54) is 19.3 Å². The van der Waals surface area contributed by atoms with Crippen molar-refractivity contribution in [1.29, 1.82) is 0 Å². The molecule has 17 heavy (non-hydrogen) atoms. The summed E-state index contributed by atoms with van der Waals surface area (Å²) in [5.41, 5.74) is 2.08. The fraction of sp³-hybridized carbons (Fsp3) is 0.750. The highest BCUT2D eigenvalue weighted by atomic mass is 16.1. The van der Waals surface area contributed by atoms with E-state index in [4.69, 9.17) is 0 Å². The molecule has 0 aromatic carbocycles. The summed E-state index contributed by atoms with van der Waals surface area (Å²) >= 11 is 0. The Kier molecular flexibility index (Phi) is 3.45. The van der Waals surface area contributed by atoms with Crippen LogP contribution in [0, 0.1) is 6.92 Å². The topological polar surface area (TPSA) is 59.8 Å². The van der Waals surface area contributed by atoms with E-state index in [0.717, 1.165) is 11.4 Å². The summed E-state index contributed by atoms with van der Waals surface area (Å²) in [6.45, 7) is 4.07. The predicted octanol–water partition coefficient (Wildman–Crippen LogP) is 1.55. The molecule has 0 spiro atoms. The summed E-state index contributed by atoms with van der Waals surface area (Å²) in [5, 5.41) is 11.1. The summed E-state index contributed by atoms with van der Waals surface area (Å²) < 4.78 is 2.03. The number of aromatic nitrogens is 3. The molecule has 1 aliphatic rings. The Morgan fingerprint density at radius 3 is 2.82 bits per heavy atom. The van der Waals surface area contributed by atoms with Gasteiger partial charge < -0.3 is 5.32 Å². The van der Waals surface area contributed by atoms with Gasteiger partial charge in [-0.05, 0) is 26.2 Å². The molecule has 0 aliphatic heterocycles. The molecular weight excluding hydrogens is 216 g/mol. The zero-order valence-corrected chi connectivity index (χ0v) is 10.7. The third-order valence-electron chi connectivity index (χ3n) is 3.62. The lowest BCUT2D eigenvalue weighted by atomic mass is 9.93. The van der Waals surface area contributed by atoms with Crippen LogP contribution in [0.3, 0.4) is 0 Å². The van der Waals surface area contributed by atoms with Gasteiger partial charge in [0.25, 0.3) is 0 Å². The molecule has 94 valence electrons. The zero-order valence-electron chi connectivity index (χ0n) is 10.7. The Morgan fingerprint density at radius 1 is 1.59 bits per heavy atom. The van der Waals surface area contributed by atoms with Gasteiger partial charge in [0.05, 0.1) is 17.4 Å². The average molecular weight is 236 g/mol. The van der Waals surface area contributed by atoms with Crippen LogP contribution in [0.25, 0.3) is 0 Å². The van der Waals surface area contributed by atoms with Gasteiger partial charge in [0, 0.05) is 19.4 Å². The minimum absolute atomic E-state index is 0.0510. The van der Waals surface area contributed by atoms with Crippen molar-refractivity contribution in [2.45, 2.75) is 51.5 Å². The molecule has 1 aliphatic carbocycles. The monoisotopic (exact) mass is 236 g/mol. The fourth-order valence-electron chi connectivity index (χ4n) is 2.26. The summed E-state index contributed by atoms with van der Waals surface area (Å²) in [6.07, 6.45) is 4.16. The SMILES string of the molecule is CNC(=O)CC(C)c1nnn(C2CCC2)c1C. The summed E-state index contributed by atoms with van der Waals surface area (Å²) in [7, 11) is 1.66. The van der Waals surface area contributed by atoms with Crippen LogP contribution in [0.15, 0.2) is 0 Å². The zero-order chi connectivity index (χ0) is 12.4. The lowest BCUT2D eigenvalue weighted by Gasteiger charge is -2.26. The smallest absolute Gasteiger partial charge is 0.220 e. The predicted molar refractivity (Wildman–Crippen MR) is 64.7 cm³/mol. The number of amides is 1. The first-order valence-electron chi connectivity index (χ1n) is 6.25. The Morgan fingerprint density at radius 2 is 2.29 bits per heavy atom. The molecule has 1 saturated carbocycles. The molecule has 0 saturated heterocycles. The number of nitrogens with zero attached hydrogens (tertiary/aromatic N) is 3. The molecule has 0 radical (unpaired) electrons. The molecule has 2 rings (SSSR count). The van der Waals surface area contributed by atoms with Crippen LogP contribution in [0.4, 0.5) is 0 Å². The molecule has 1 unspecified atom stereocenters. The Balaban J connectivity index is 2.10. The number of nitrogens with one attached hydrogen (secondary N) is 1. The van der Waals surface area contributed by atoms with Crippen molar-refractivity contribution in [2.24, 2.45) is 0 Å². The minimum Gasteiger partial charge on any atom is -0.359 e. The maximum absolute atomic E-state index is 11.3. The molecule has 5 heteroatoms. The van der Waals surface area contributed by atoms with Crippen LogP contribution >= 0.6 is 0 Å². The van der Waals surface area contributed by atoms with Gasteiger partial charge in [-0.25, -0.2) is 4.68 Å². The molecule has 0 bridgehead atoms. The van der Waals surface area contributed by atoms with E-state index in [-0.39, 0.29) is 11.8 Å². The van der Waals surface area contributed by atoms with Crippen LogP contribution in [0.1, 0.15) is 56.0 Å². The Bertz CT molecular complexity index is 409. The first-order valence-corrected chi connectivity index (χ1v) is 6.25. The van der Waals surface area contributed by atoms with Gasteiger partial charge in [-0.15, -0.1) is 5.10 Å². The van der Waals surface area contributed by atoms with Gasteiger partial charge in [-0.1, -0.05) is 12.1 Å². The van der Waals surface area contributed by atoms with Crippen LogP contribution in [-0.4, -0.2) is 27.9 Å². The van der Waals surface area contributed by atoms with Gasteiger partial charge in [0.2, 0.25) is 5.91 Å². The molecule has 1 amide bonds. The van der Waals surface area contributed by atoms with Gasteiger partial charge in [0.1, 0.15) is 0 Å². The maximum Gasteiger partial charge on any atom is 0.220 e. The molecule has 1 aromatic rings. The van der Waals surface area contributed by atoms with Crippen molar-refractivity contribution in [3.8, 4) is 0 Å². The summed E-state index contributed by atoms with van der Waals surface area (Å²) in [4.78, 5) is 11.3. The second-order valence-electron chi connectivity index (χ2n) is 4.87. The van der Waals surface area contributed by atoms with E-state index in [1.54, 1.807) is 7.05 Å². The first-order chi connectivity index (χ1) is 8.13. The van der Waals surface area contributed by atoms with E-state index < -0.39 is 0 Å². The Hall–Kier alpha value is -1.39. The number of carbonyl (C=O) groups excluding carboxylic acids is 1. The lowest BCUT2D eigenvalue weighted by molar-refractivity contribution is -0.120.